The van der Waals surface area contributed by atoms with Crippen molar-refractivity contribution in [2.24, 2.45) is 11.8 Å². The lowest BCUT2D eigenvalue weighted by molar-refractivity contribution is -0.143. The molecule has 1 aliphatic carbocycles. The highest BCUT2D eigenvalue weighted by atomic mass is 19.1. The van der Waals surface area contributed by atoms with Gasteiger partial charge in [-0.1, -0.05) is 0 Å². The zero-order valence-electron chi connectivity index (χ0n) is 16.1. The second-order valence-electron chi connectivity index (χ2n) is 8.27. The summed E-state index contributed by atoms with van der Waals surface area (Å²) in [6.45, 7) is 3.11. The first kappa shape index (κ1) is 19.8. The predicted molar refractivity (Wildman–Crippen MR) is 95.6 cm³/mol. The number of benzene rings is 1. The number of hydrogen-bond donors (Lipinski definition) is 1. The summed E-state index contributed by atoms with van der Waals surface area (Å²) in [6, 6.07) is 1.19. The van der Waals surface area contributed by atoms with Crippen LogP contribution in [0.15, 0.2) is 12.1 Å². The van der Waals surface area contributed by atoms with Crippen LogP contribution in [0.1, 0.15) is 32.6 Å². The van der Waals surface area contributed by atoms with Crippen molar-refractivity contribution in [3.05, 3.63) is 29.6 Å². The molecule has 2 amide bonds. The number of cyclic esters (lactones) is 1. The smallest absolute Gasteiger partial charge is 0.407 e. The van der Waals surface area contributed by atoms with E-state index in [1.165, 1.54) is 0 Å². The number of halogens is 3. The molecule has 0 aromatic heterocycles. The minimum absolute atomic E-state index is 0.0261. The van der Waals surface area contributed by atoms with Crippen LogP contribution in [0.4, 0.5) is 18.0 Å². The maximum absolute atomic E-state index is 13.8. The fourth-order valence-corrected chi connectivity index (χ4v) is 4.54. The fourth-order valence-electron chi connectivity index (χ4n) is 4.54. The van der Waals surface area contributed by atoms with Crippen LogP contribution in [0.3, 0.4) is 0 Å². The molecule has 3 fully saturated rings. The molecule has 1 saturated carbocycles. The van der Waals surface area contributed by atoms with Crippen LogP contribution in [-0.2, 0) is 9.53 Å². The highest BCUT2D eigenvalue weighted by Gasteiger charge is 2.53. The van der Waals surface area contributed by atoms with Gasteiger partial charge in [0.2, 0.25) is 5.91 Å². The van der Waals surface area contributed by atoms with Gasteiger partial charge in [0.25, 0.3) is 0 Å². The second-order valence-corrected chi connectivity index (χ2v) is 8.27. The van der Waals surface area contributed by atoms with E-state index in [4.69, 9.17) is 9.47 Å². The molecule has 2 heterocycles. The van der Waals surface area contributed by atoms with E-state index in [1.807, 2.05) is 0 Å². The molecule has 2 aliphatic heterocycles. The Kier molecular flexibility index (Phi) is 5.08. The van der Waals surface area contributed by atoms with Gasteiger partial charge < -0.3 is 19.7 Å². The highest BCUT2D eigenvalue weighted by Crippen LogP contribution is 2.42. The molecule has 2 saturated heterocycles. The van der Waals surface area contributed by atoms with Crippen LogP contribution in [0.5, 0.6) is 5.75 Å². The SMILES string of the molecule is CC(Oc1c(F)cc(F)cc1F)C1CCN(C(=O)[C@H]2C[C@]3(COC(=O)N3)C2)CC1. The maximum atomic E-state index is 13.8. The van der Waals surface area contributed by atoms with Gasteiger partial charge in [0.05, 0.1) is 11.6 Å². The Morgan fingerprint density at radius 2 is 1.86 bits per heavy atom. The fraction of sp³-hybridized carbons (Fsp3) is 0.600. The normalized spacial score (nSPS) is 27.9. The third-order valence-electron chi connectivity index (χ3n) is 6.25. The Labute approximate surface area is 166 Å². The molecule has 158 valence electrons. The molecule has 1 atom stereocenters. The Hall–Kier alpha value is -2.45. The van der Waals surface area contributed by atoms with E-state index in [0.717, 1.165) is 0 Å². The zero-order chi connectivity index (χ0) is 20.8. The number of nitrogens with one attached hydrogen (secondary N) is 1. The first-order valence-corrected chi connectivity index (χ1v) is 9.81. The molecule has 1 aromatic rings. The highest BCUT2D eigenvalue weighted by molar-refractivity contribution is 5.81. The summed E-state index contributed by atoms with van der Waals surface area (Å²) < 4.78 is 51.0. The predicted octanol–water partition coefficient (Wildman–Crippen LogP) is 3.00. The summed E-state index contributed by atoms with van der Waals surface area (Å²) in [7, 11) is 0. The van der Waals surface area contributed by atoms with Crippen molar-refractivity contribution in [3.8, 4) is 5.75 Å². The summed E-state index contributed by atoms with van der Waals surface area (Å²) in [5, 5.41) is 2.78. The number of ether oxygens (including phenoxy) is 2. The van der Waals surface area contributed by atoms with Crippen molar-refractivity contribution in [2.75, 3.05) is 19.7 Å². The van der Waals surface area contributed by atoms with Gasteiger partial charge in [-0.05, 0) is 38.5 Å². The summed E-state index contributed by atoms with van der Waals surface area (Å²) >= 11 is 0. The lowest BCUT2D eigenvalue weighted by atomic mass is 9.68. The van der Waals surface area contributed by atoms with Crippen LogP contribution < -0.4 is 10.1 Å². The number of amides is 2. The molecular weight excluding hydrogens is 389 g/mol. The molecule has 9 heteroatoms. The standard InChI is InChI=1S/C20H23F3N2O4/c1-11(29-17-15(22)6-14(21)7-16(17)23)12-2-4-25(5-3-12)18(26)13-8-20(9-13)10-28-19(27)24-20/h6-7,11-13H,2-5,8-10H2,1H3,(H,24,27)/t11?,13-,20+. The number of carbonyl (C=O) groups is 2. The van der Waals surface area contributed by atoms with Crippen LogP contribution in [0.25, 0.3) is 0 Å². The molecular formula is C20H23F3N2O4. The van der Waals surface area contributed by atoms with E-state index in [9.17, 15) is 22.8 Å². The monoisotopic (exact) mass is 412 g/mol. The van der Waals surface area contributed by atoms with Gasteiger partial charge in [0.1, 0.15) is 12.4 Å². The summed E-state index contributed by atoms with van der Waals surface area (Å²) in [5.41, 5.74) is -0.388. The Balaban J connectivity index is 1.27. The van der Waals surface area contributed by atoms with Crippen LogP contribution >= 0.6 is 0 Å². The molecule has 0 bridgehead atoms. The van der Waals surface area contributed by atoms with Gasteiger partial charge in [-0.3, -0.25) is 4.79 Å². The van der Waals surface area contributed by atoms with Crippen molar-refractivity contribution in [1.82, 2.24) is 10.2 Å². The average Bonchev–Trinajstić information content (AvgIpc) is 3.05. The van der Waals surface area contributed by atoms with Crippen molar-refractivity contribution >= 4 is 12.0 Å². The van der Waals surface area contributed by atoms with Crippen LogP contribution in [0.2, 0.25) is 0 Å². The number of rotatable bonds is 4. The molecule has 6 nitrogen and oxygen atoms in total. The summed E-state index contributed by atoms with van der Waals surface area (Å²) in [4.78, 5) is 25.7. The molecule has 1 unspecified atom stereocenters. The Morgan fingerprint density at radius 3 is 2.41 bits per heavy atom. The van der Waals surface area contributed by atoms with E-state index in [1.54, 1.807) is 11.8 Å². The third kappa shape index (κ3) is 3.86. The second kappa shape index (κ2) is 7.42. The van der Waals surface area contributed by atoms with E-state index in [2.05, 4.69) is 5.32 Å². The number of hydrogen-bond acceptors (Lipinski definition) is 4. The first-order chi connectivity index (χ1) is 13.8. The number of alkyl carbamates (subject to hydrolysis) is 1. The maximum Gasteiger partial charge on any atom is 0.407 e. The Morgan fingerprint density at radius 1 is 1.24 bits per heavy atom. The van der Waals surface area contributed by atoms with Gasteiger partial charge in [0, 0.05) is 31.1 Å². The van der Waals surface area contributed by atoms with Gasteiger partial charge in [0.15, 0.2) is 17.4 Å². The molecule has 4 rings (SSSR count). The molecule has 1 N–H and O–H groups in total. The first-order valence-electron chi connectivity index (χ1n) is 9.81. The average molecular weight is 412 g/mol. The molecule has 1 aromatic carbocycles. The molecule has 0 radical (unpaired) electrons. The van der Waals surface area contributed by atoms with E-state index in [0.29, 0.717) is 57.5 Å². The van der Waals surface area contributed by atoms with E-state index < -0.39 is 35.4 Å². The number of nitrogens with zero attached hydrogens (tertiary/aromatic N) is 1. The van der Waals surface area contributed by atoms with Gasteiger partial charge >= 0.3 is 6.09 Å². The molecule has 1 spiro atoms. The van der Waals surface area contributed by atoms with Crippen LogP contribution in [0, 0.1) is 29.3 Å². The zero-order valence-corrected chi connectivity index (χ0v) is 16.1. The number of piperidine rings is 1. The van der Waals surface area contributed by atoms with Gasteiger partial charge in [-0.25, -0.2) is 18.0 Å². The van der Waals surface area contributed by atoms with Crippen molar-refractivity contribution in [2.45, 2.75) is 44.2 Å². The minimum Gasteiger partial charge on any atom is -0.484 e. The van der Waals surface area contributed by atoms with Gasteiger partial charge in [-0.2, -0.15) is 0 Å². The summed E-state index contributed by atoms with van der Waals surface area (Å²) in [5.74, 6) is -3.72. The van der Waals surface area contributed by atoms with Crippen molar-refractivity contribution < 1.29 is 32.2 Å². The Bertz CT molecular complexity index is 797. The summed E-state index contributed by atoms with van der Waals surface area (Å²) in [6.07, 6.45) is 1.56. The van der Waals surface area contributed by atoms with Gasteiger partial charge in [-0.15, -0.1) is 0 Å². The topological polar surface area (TPSA) is 67.9 Å². The largest absolute Gasteiger partial charge is 0.484 e. The molecule has 3 aliphatic rings. The van der Waals surface area contributed by atoms with Crippen molar-refractivity contribution in [3.63, 3.8) is 0 Å². The third-order valence-corrected chi connectivity index (χ3v) is 6.25. The lowest BCUT2D eigenvalue weighted by Gasteiger charge is -2.45. The minimum atomic E-state index is -1.07. The number of likely N-dealkylation sites (tertiary alicyclic amines) is 1. The van der Waals surface area contributed by atoms with Crippen molar-refractivity contribution in [1.29, 1.82) is 0 Å². The lowest BCUT2D eigenvalue weighted by Crippen LogP contribution is -2.58. The van der Waals surface area contributed by atoms with E-state index in [-0.39, 0.29) is 23.3 Å². The van der Waals surface area contributed by atoms with Crippen LogP contribution in [-0.4, -0.2) is 48.2 Å². The van der Waals surface area contributed by atoms with E-state index >= 15 is 0 Å². The molecule has 29 heavy (non-hydrogen) atoms. The quantitative estimate of drug-likeness (QED) is 0.826. The number of carbonyl (C=O) groups excluding carboxylic acids is 2.